The van der Waals surface area contributed by atoms with Gasteiger partial charge in [0.25, 0.3) is 10.1 Å². The number of benzene rings is 8. The first-order valence-electron chi connectivity index (χ1n) is 30.8. The van der Waals surface area contributed by atoms with Gasteiger partial charge in [-0.05, 0) is 122 Å². The summed E-state index contributed by atoms with van der Waals surface area (Å²) in [4.78, 5) is 13.2. The number of hydrogen-bond donors (Lipinski definition) is 2. The Hall–Kier alpha value is -7.40. The number of nitrogens with zero attached hydrogens (tertiary/aromatic N) is 1. The van der Waals surface area contributed by atoms with Crippen LogP contribution in [0.15, 0.2) is 222 Å². The number of rotatable bonds is 28. The van der Waals surface area contributed by atoms with Gasteiger partial charge in [-0.15, -0.1) is 0 Å². The quantitative estimate of drug-likeness (QED) is 0.0350. The van der Waals surface area contributed by atoms with E-state index in [0.717, 1.165) is 59.6 Å². The number of carbonyl (C=O) groups is 1. The van der Waals surface area contributed by atoms with Crippen molar-refractivity contribution in [2.45, 2.75) is 110 Å². The Labute approximate surface area is 557 Å². The fourth-order valence-electron chi connectivity index (χ4n) is 8.17. The number of nitrogens with one attached hydrogen (secondary N) is 1. The van der Waals surface area contributed by atoms with Gasteiger partial charge in [-0.25, -0.2) is 13.6 Å². The molecule has 19 heteroatoms. The van der Waals surface area contributed by atoms with Crippen molar-refractivity contribution >= 4 is 37.7 Å². The van der Waals surface area contributed by atoms with Crippen molar-refractivity contribution in [3.8, 4) is 11.5 Å². The molecule has 0 aromatic heterocycles. The molecule has 1 heterocycles. The molecule has 0 bridgehead atoms. The van der Waals surface area contributed by atoms with Crippen molar-refractivity contribution in [3.05, 3.63) is 262 Å². The van der Waals surface area contributed by atoms with Crippen LogP contribution >= 0.6 is 15.9 Å². The molecule has 0 radical (unpaired) electrons. The van der Waals surface area contributed by atoms with Gasteiger partial charge >= 0.3 is 5.97 Å². The van der Waals surface area contributed by atoms with E-state index in [-0.39, 0.29) is 60.1 Å². The van der Waals surface area contributed by atoms with Crippen molar-refractivity contribution in [1.82, 2.24) is 5.32 Å². The van der Waals surface area contributed by atoms with Crippen molar-refractivity contribution in [1.29, 1.82) is 0 Å². The maximum Gasteiger partial charge on any atom is 0.334 e. The van der Waals surface area contributed by atoms with E-state index in [9.17, 15) is 22.0 Å². The van der Waals surface area contributed by atoms with Gasteiger partial charge in [0.05, 0.1) is 92.8 Å². The Morgan fingerprint density at radius 2 is 0.892 bits per heavy atom. The van der Waals surface area contributed by atoms with E-state index >= 15 is 0 Å². The molecule has 8 aromatic rings. The first kappa shape index (κ1) is 76.3. The summed E-state index contributed by atoms with van der Waals surface area (Å²) in [7, 11) is -2.38. The number of aliphatic hydroxyl groups excluding tert-OH is 1. The second-order valence-corrected chi connectivity index (χ2v) is 24.1. The van der Waals surface area contributed by atoms with Crippen LogP contribution in [0.2, 0.25) is 0 Å². The molecule has 500 valence electrons. The maximum absolute atomic E-state index is 14.4. The number of anilines is 1. The molecule has 9 rings (SSSR count). The highest BCUT2D eigenvalue weighted by Gasteiger charge is 2.19. The molecule has 1 fully saturated rings. The van der Waals surface area contributed by atoms with Gasteiger partial charge in [0.1, 0.15) is 36.3 Å². The highest BCUT2D eigenvalue weighted by Crippen LogP contribution is 2.26. The molecular weight excluding hydrogens is 1270 g/mol. The third-order valence-corrected chi connectivity index (χ3v) is 15.6. The monoisotopic (exact) mass is 1360 g/mol. The molecular formula is C74H89BrF2N2O13S. The third kappa shape index (κ3) is 31.4. The Morgan fingerprint density at radius 3 is 1.28 bits per heavy atom. The summed E-state index contributed by atoms with van der Waals surface area (Å²) < 4.78 is 101. The van der Waals surface area contributed by atoms with Crippen LogP contribution in [0.3, 0.4) is 0 Å². The summed E-state index contributed by atoms with van der Waals surface area (Å²) in [5.74, 6) is 0.117. The van der Waals surface area contributed by atoms with Crippen LogP contribution in [0.5, 0.6) is 11.5 Å². The van der Waals surface area contributed by atoms with E-state index in [4.69, 9.17) is 42.4 Å². The minimum Gasteiger partial charge on any atom is -0.491 e. The fourth-order valence-corrected chi connectivity index (χ4v) is 9.39. The molecule has 15 nitrogen and oxygen atoms in total. The predicted octanol–water partition coefficient (Wildman–Crippen LogP) is 14.4. The maximum atomic E-state index is 14.4. The summed E-state index contributed by atoms with van der Waals surface area (Å²) >= 11 is 3.10. The number of hydrogen-bond acceptors (Lipinski definition) is 15. The summed E-state index contributed by atoms with van der Waals surface area (Å²) in [5.41, 5.74) is 7.10. The lowest BCUT2D eigenvalue weighted by Crippen LogP contribution is -2.43. The van der Waals surface area contributed by atoms with Crippen LogP contribution in [-0.2, 0) is 80.6 Å². The largest absolute Gasteiger partial charge is 0.491 e. The number of aliphatic hydroxyl groups is 1. The average Bonchev–Trinajstić information content (AvgIpc) is 1.08. The van der Waals surface area contributed by atoms with Crippen molar-refractivity contribution in [2.75, 3.05) is 64.6 Å². The Balaban J connectivity index is 0.000000216. The summed E-state index contributed by atoms with van der Waals surface area (Å²) in [6, 6.07) is 65.6. The Morgan fingerprint density at radius 1 is 0.516 bits per heavy atom. The summed E-state index contributed by atoms with van der Waals surface area (Å²) in [6.07, 6.45) is -1.05. The number of aryl methyl sites for hydroxylation is 1. The molecule has 2 N–H and O–H groups in total. The molecule has 8 aromatic carbocycles. The van der Waals surface area contributed by atoms with Crippen LogP contribution in [0, 0.1) is 18.6 Å². The van der Waals surface area contributed by atoms with Gasteiger partial charge in [-0.1, -0.05) is 169 Å². The van der Waals surface area contributed by atoms with Gasteiger partial charge in [-0.2, -0.15) is 8.42 Å². The van der Waals surface area contributed by atoms with Crippen molar-refractivity contribution in [2.24, 2.45) is 0 Å². The topological polar surface area (TPSA) is 170 Å². The molecule has 1 saturated heterocycles. The second-order valence-electron chi connectivity index (χ2n) is 21.7. The van der Waals surface area contributed by atoms with E-state index < -0.39 is 16.2 Å². The van der Waals surface area contributed by atoms with Crippen LogP contribution in [0.1, 0.15) is 68.0 Å². The zero-order valence-corrected chi connectivity index (χ0v) is 56.5. The van der Waals surface area contributed by atoms with Gasteiger partial charge in [0.15, 0.2) is 6.10 Å². The predicted molar refractivity (Wildman–Crippen MR) is 363 cm³/mol. The second kappa shape index (κ2) is 43.5. The van der Waals surface area contributed by atoms with Crippen LogP contribution in [0.4, 0.5) is 14.5 Å². The van der Waals surface area contributed by atoms with E-state index in [0.29, 0.717) is 67.9 Å². The molecule has 1 aliphatic rings. The summed E-state index contributed by atoms with van der Waals surface area (Å²) in [5, 5.41) is 12.0. The SMILES string of the molecule is CC(CO)OCc1ccccc1.CC(COc1ccc(Br)c(F)c1)OCc1ccccc1.CC(COc1ccc(N2CCNCC2)c(F)c1)OCc1ccccc1.COC(=O)C(C)OCc1ccccc1.Cc1ccc(S(=O)(=O)OCC(C)OCc2ccccc2)cc1. The molecule has 0 spiro atoms. The molecule has 0 aliphatic carbocycles. The molecule has 5 atom stereocenters. The lowest BCUT2D eigenvalue weighted by Gasteiger charge is -2.29. The zero-order chi connectivity index (χ0) is 67.1. The van der Waals surface area contributed by atoms with Crippen LogP contribution in [0.25, 0.3) is 0 Å². The number of carbonyl (C=O) groups excluding carboxylic acids is 1. The molecule has 0 amide bonds. The van der Waals surface area contributed by atoms with Crippen LogP contribution < -0.4 is 19.7 Å². The average molecular weight is 1360 g/mol. The van der Waals surface area contributed by atoms with Gasteiger partial charge in [-0.3, -0.25) is 4.18 Å². The highest BCUT2D eigenvalue weighted by atomic mass is 79.9. The number of ether oxygens (including phenoxy) is 8. The zero-order valence-electron chi connectivity index (χ0n) is 54.1. The standard InChI is InChI=1S/C20H25FN2O2.C17H20O4S.C16H16BrFO2.C11H14O3.C10H14O2/c1-16(24-15-17-5-3-2-4-6-17)14-25-18-7-8-20(19(21)13-18)23-11-9-22-10-12-23;1-14-8-10-17(11-9-14)22(18,19)21-12-15(2)20-13-16-6-4-3-5-7-16;1-12(19-11-13-5-3-2-4-6-13)10-20-14-7-8-15(17)16(18)9-14;1-9(11(12)13-2)14-8-10-6-4-3-5-7-10;1-9(7-11)12-8-10-5-3-2-4-6-10/h2-8,13,16,22H,9-12,14-15H2,1H3;3-11,15H,12-13H2,1-2H3;2-9,12H,10-11H2,1H3;3-7,9H,8H2,1-2H3;2-6,9,11H,7-8H2,1H3. The minimum absolute atomic E-state index is 0.0109. The lowest BCUT2D eigenvalue weighted by atomic mass is 10.2. The van der Waals surface area contributed by atoms with Gasteiger partial charge in [0.2, 0.25) is 0 Å². The Kier molecular flexibility index (Phi) is 35.7. The van der Waals surface area contributed by atoms with Gasteiger partial charge in [0, 0.05) is 38.3 Å². The first-order chi connectivity index (χ1) is 44.9. The number of piperazine rings is 1. The molecule has 1 aliphatic heterocycles. The van der Waals surface area contributed by atoms with Crippen LogP contribution in [-0.4, -0.2) is 110 Å². The normalized spacial score (nSPS) is 13.4. The Bertz CT molecular complexity index is 3400. The molecule has 93 heavy (non-hydrogen) atoms. The van der Waals surface area contributed by atoms with E-state index in [1.807, 2.05) is 185 Å². The smallest absolute Gasteiger partial charge is 0.334 e. The number of esters is 1. The summed E-state index contributed by atoms with van der Waals surface area (Å²) in [6.45, 7) is 17.8. The van der Waals surface area contributed by atoms with E-state index in [1.54, 1.807) is 56.3 Å². The van der Waals surface area contributed by atoms with Crippen molar-refractivity contribution in [3.63, 3.8) is 0 Å². The van der Waals surface area contributed by atoms with Crippen molar-refractivity contribution < 1.29 is 69.2 Å². The molecule has 0 saturated carbocycles. The third-order valence-electron chi connectivity index (χ3n) is 13.6. The van der Waals surface area contributed by atoms with E-state index in [1.165, 1.54) is 19.2 Å². The fraction of sp³-hybridized carbons (Fsp3) is 0.338. The first-order valence-corrected chi connectivity index (χ1v) is 33.0. The lowest BCUT2D eigenvalue weighted by molar-refractivity contribution is -0.153. The number of halogens is 3. The highest BCUT2D eigenvalue weighted by molar-refractivity contribution is 9.10. The van der Waals surface area contributed by atoms with E-state index in [2.05, 4.69) is 30.9 Å². The van der Waals surface area contributed by atoms with Gasteiger partial charge < -0.3 is 53.2 Å². The molecule has 5 unspecified atom stereocenters. The number of methoxy groups -OCH3 is 1. The minimum atomic E-state index is -3.74.